The summed E-state index contributed by atoms with van der Waals surface area (Å²) in [4.78, 5) is 2.11. The van der Waals surface area contributed by atoms with Gasteiger partial charge in [-0.3, -0.25) is 0 Å². The number of nitrogens with zero attached hydrogens (tertiary/aromatic N) is 1. The Morgan fingerprint density at radius 2 is 2.24 bits per heavy atom. The number of anilines is 1. The number of methoxy groups -OCH3 is 1. The molecule has 0 spiro atoms. The Labute approximate surface area is 126 Å². The van der Waals surface area contributed by atoms with Gasteiger partial charge in [-0.15, -0.1) is 0 Å². The highest BCUT2D eigenvalue weighted by Gasteiger charge is 2.31. The lowest BCUT2D eigenvalue weighted by molar-refractivity contribution is -0.00476. The molecule has 3 rings (SSSR count). The van der Waals surface area contributed by atoms with Crippen LogP contribution < -0.4 is 10.2 Å². The third-order valence-electron chi connectivity index (χ3n) is 4.68. The van der Waals surface area contributed by atoms with Crippen molar-refractivity contribution in [3.8, 4) is 0 Å². The molecule has 1 unspecified atom stereocenters. The molecule has 1 N–H and O–H groups in total. The van der Waals surface area contributed by atoms with Crippen LogP contribution in [0.1, 0.15) is 38.2 Å². The van der Waals surface area contributed by atoms with E-state index in [4.69, 9.17) is 4.74 Å². The minimum atomic E-state index is -0.170. The summed E-state index contributed by atoms with van der Waals surface area (Å²) in [5.41, 5.74) is 1.56. The van der Waals surface area contributed by atoms with E-state index in [0.717, 1.165) is 38.0 Å². The molecule has 4 heteroatoms. The Kier molecular flexibility index (Phi) is 4.18. The molecule has 21 heavy (non-hydrogen) atoms. The highest BCUT2D eigenvalue weighted by atomic mass is 19.1. The van der Waals surface area contributed by atoms with Crippen molar-refractivity contribution in [2.75, 3.05) is 25.1 Å². The van der Waals surface area contributed by atoms with Gasteiger partial charge in [-0.1, -0.05) is 6.07 Å². The summed E-state index contributed by atoms with van der Waals surface area (Å²) in [6.07, 6.45) is 4.58. The van der Waals surface area contributed by atoms with Gasteiger partial charge in [0.25, 0.3) is 0 Å². The molecule has 1 heterocycles. The number of rotatable bonds is 5. The van der Waals surface area contributed by atoms with Crippen molar-refractivity contribution in [2.24, 2.45) is 0 Å². The van der Waals surface area contributed by atoms with E-state index in [-0.39, 0.29) is 11.4 Å². The fourth-order valence-electron chi connectivity index (χ4n) is 3.04. The molecule has 116 valence electrons. The van der Waals surface area contributed by atoms with Crippen molar-refractivity contribution in [3.63, 3.8) is 0 Å². The molecule has 0 aromatic heterocycles. The molecule has 1 atom stereocenters. The van der Waals surface area contributed by atoms with Gasteiger partial charge in [-0.05, 0) is 50.3 Å². The normalized spacial score (nSPS) is 26.1. The van der Waals surface area contributed by atoms with E-state index in [1.165, 1.54) is 12.8 Å². The molecule has 1 aliphatic carbocycles. The lowest BCUT2D eigenvalue weighted by Crippen LogP contribution is -2.47. The Balaban J connectivity index is 1.69. The molecule has 1 saturated heterocycles. The number of halogens is 1. The fraction of sp³-hybridized carbons (Fsp3) is 0.647. The number of hydrogen-bond acceptors (Lipinski definition) is 3. The second-order valence-electron chi connectivity index (χ2n) is 6.62. The highest BCUT2D eigenvalue weighted by Crippen LogP contribution is 2.30. The molecular weight excluding hydrogens is 267 g/mol. The van der Waals surface area contributed by atoms with E-state index in [1.807, 2.05) is 12.1 Å². The van der Waals surface area contributed by atoms with Gasteiger partial charge in [-0.25, -0.2) is 4.39 Å². The van der Waals surface area contributed by atoms with Crippen LogP contribution in [0.25, 0.3) is 0 Å². The molecule has 2 fully saturated rings. The Morgan fingerprint density at radius 3 is 2.90 bits per heavy atom. The Morgan fingerprint density at radius 1 is 1.43 bits per heavy atom. The van der Waals surface area contributed by atoms with Crippen LogP contribution >= 0.6 is 0 Å². The second kappa shape index (κ2) is 5.93. The van der Waals surface area contributed by atoms with E-state index >= 15 is 0 Å². The number of nitrogens with one attached hydrogen (secondary N) is 1. The van der Waals surface area contributed by atoms with Gasteiger partial charge < -0.3 is 15.0 Å². The first-order valence-electron chi connectivity index (χ1n) is 7.91. The summed E-state index contributed by atoms with van der Waals surface area (Å²) in [6.45, 7) is 4.51. The number of ether oxygens (including phenoxy) is 1. The van der Waals surface area contributed by atoms with Crippen molar-refractivity contribution in [1.29, 1.82) is 0 Å². The molecule has 3 nitrogen and oxygen atoms in total. The van der Waals surface area contributed by atoms with Gasteiger partial charge in [0.05, 0.1) is 11.3 Å². The van der Waals surface area contributed by atoms with E-state index in [9.17, 15) is 4.39 Å². The maximum atomic E-state index is 14.4. The summed E-state index contributed by atoms with van der Waals surface area (Å²) < 4.78 is 20.0. The first-order chi connectivity index (χ1) is 10.1. The summed E-state index contributed by atoms with van der Waals surface area (Å²) in [6, 6.07) is 6.27. The van der Waals surface area contributed by atoms with E-state index in [0.29, 0.717) is 11.7 Å². The lowest BCUT2D eigenvalue weighted by atomic mass is 9.94. The van der Waals surface area contributed by atoms with Crippen LogP contribution in [0.2, 0.25) is 0 Å². The third-order valence-corrected chi connectivity index (χ3v) is 4.68. The molecule has 0 radical (unpaired) electrons. The second-order valence-corrected chi connectivity index (χ2v) is 6.62. The van der Waals surface area contributed by atoms with Crippen LogP contribution in [-0.4, -0.2) is 31.8 Å². The summed E-state index contributed by atoms with van der Waals surface area (Å²) in [5.74, 6) is -0.120. The first kappa shape index (κ1) is 14.8. The lowest BCUT2D eigenvalue weighted by Gasteiger charge is -2.40. The predicted octanol–water partition coefficient (Wildman–Crippen LogP) is 3.08. The molecule has 1 saturated carbocycles. The van der Waals surface area contributed by atoms with Crippen LogP contribution in [0.4, 0.5) is 10.1 Å². The van der Waals surface area contributed by atoms with Crippen molar-refractivity contribution in [2.45, 2.75) is 50.8 Å². The Hall–Kier alpha value is -1.13. The molecule has 0 bridgehead atoms. The summed E-state index contributed by atoms with van der Waals surface area (Å²) >= 11 is 0. The van der Waals surface area contributed by atoms with E-state index in [1.54, 1.807) is 13.2 Å². The van der Waals surface area contributed by atoms with Crippen LogP contribution in [0, 0.1) is 5.82 Å². The average Bonchev–Trinajstić information content (AvgIpc) is 3.29. The zero-order valence-corrected chi connectivity index (χ0v) is 13.0. The summed E-state index contributed by atoms with van der Waals surface area (Å²) in [5, 5.41) is 3.42. The standard InChI is InChI=1S/C17H25FN2O/c1-17(21-2)8-3-9-20(12-17)16-7-4-13(10-15(16)18)11-19-14-5-6-14/h4,7,10,14,19H,3,5-6,8-9,11-12H2,1-2H3. The van der Waals surface area contributed by atoms with Gasteiger partial charge in [0.15, 0.2) is 0 Å². The smallest absolute Gasteiger partial charge is 0.146 e. The maximum Gasteiger partial charge on any atom is 0.146 e. The predicted molar refractivity (Wildman–Crippen MR) is 83.1 cm³/mol. The SMILES string of the molecule is COC1(C)CCCN(c2ccc(CNC3CC3)cc2F)C1. The monoisotopic (exact) mass is 292 g/mol. The molecule has 1 aromatic rings. The van der Waals surface area contributed by atoms with Gasteiger partial charge in [-0.2, -0.15) is 0 Å². The van der Waals surface area contributed by atoms with Crippen molar-refractivity contribution in [1.82, 2.24) is 5.32 Å². The van der Waals surface area contributed by atoms with Crippen LogP contribution in [-0.2, 0) is 11.3 Å². The van der Waals surface area contributed by atoms with Gasteiger partial charge >= 0.3 is 0 Å². The Bertz CT molecular complexity index is 504. The maximum absolute atomic E-state index is 14.4. The number of benzene rings is 1. The molecular formula is C17H25FN2O. The molecule has 1 aromatic carbocycles. The molecule has 1 aliphatic heterocycles. The van der Waals surface area contributed by atoms with Crippen LogP contribution in [0.5, 0.6) is 0 Å². The van der Waals surface area contributed by atoms with Crippen molar-refractivity contribution >= 4 is 5.69 Å². The highest BCUT2D eigenvalue weighted by molar-refractivity contribution is 5.50. The first-order valence-corrected chi connectivity index (χ1v) is 7.91. The zero-order chi connectivity index (χ0) is 14.9. The minimum absolute atomic E-state index is 0.120. The number of piperidine rings is 1. The van der Waals surface area contributed by atoms with Crippen molar-refractivity contribution < 1.29 is 9.13 Å². The van der Waals surface area contributed by atoms with Gasteiger partial charge in [0, 0.05) is 32.8 Å². The topological polar surface area (TPSA) is 24.5 Å². The van der Waals surface area contributed by atoms with E-state index < -0.39 is 0 Å². The quantitative estimate of drug-likeness (QED) is 0.902. The summed E-state index contributed by atoms with van der Waals surface area (Å²) in [7, 11) is 1.74. The average molecular weight is 292 g/mol. The largest absolute Gasteiger partial charge is 0.377 e. The van der Waals surface area contributed by atoms with Crippen LogP contribution in [0.15, 0.2) is 18.2 Å². The number of hydrogen-bond donors (Lipinski definition) is 1. The zero-order valence-electron chi connectivity index (χ0n) is 13.0. The van der Waals surface area contributed by atoms with Gasteiger partial charge in [0.2, 0.25) is 0 Å². The van der Waals surface area contributed by atoms with Crippen molar-refractivity contribution in [3.05, 3.63) is 29.6 Å². The van der Waals surface area contributed by atoms with E-state index in [2.05, 4.69) is 17.1 Å². The minimum Gasteiger partial charge on any atom is -0.377 e. The fourth-order valence-corrected chi connectivity index (χ4v) is 3.04. The van der Waals surface area contributed by atoms with Crippen LogP contribution in [0.3, 0.4) is 0 Å². The molecule has 0 amide bonds. The third kappa shape index (κ3) is 3.55. The molecule has 2 aliphatic rings. The van der Waals surface area contributed by atoms with Gasteiger partial charge in [0.1, 0.15) is 5.82 Å².